The smallest absolute Gasteiger partial charge is 0.345 e. The molecule has 12 heteroatoms. The van der Waals surface area contributed by atoms with Crippen LogP contribution in [0.4, 0.5) is 18.9 Å². The summed E-state index contributed by atoms with van der Waals surface area (Å²) in [6.07, 6.45) is -2.17. The summed E-state index contributed by atoms with van der Waals surface area (Å²) in [6.45, 7) is -1.04. The highest BCUT2D eigenvalue weighted by atomic mass is 32.2. The summed E-state index contributed by atoms with van der Waals surface area (Å²) in [5.74, 6) is 6.32. The molecule has 0 saturated heterocycles. The Morgan fingerprint density at radius 3 is 2.52 bits per heavy atom. The molecule has 2 aromatic rings. The van der Waals surface area contributed by atoms with Gasteiger partial charge in [-0.3, -0.25) is 10.3 Å². The minimum atomic E-state index is -4.42. The molecule has 1 saturated carbocycles. The van der Waals surface area contributed by atoms with E-state index >= 15 is 0 Å². The maximum absolute atomic E-state index is 12.6. The minimum Gasteiger partial charge on any atom is -0.345 e. The first-order valence-corrected chi connectivity index (χ1v) is 11.5. The number of alkyl halides is 3. The third-order valence-electron chi connectivity index (χ3n) is 4.56. The second-order valence-corrected chi connectivity index (χ2v) is 9.01. The third-order valence-corrected chi connectivity index (χ3v) is 5.49. The van der Waals surface area contributed by atoms with Crippen molar-refractivity contribution in [3.8, 4) is 11.8 Å². The first-order valence-electron chi connectivity index (χ1n) is 9.96. The zero-order valence-corrected chi connectivity index (χ0v) is 18.2. The van der Waals surface area contributed by atoms with E-state index in [4.69, 9.17) is 10.9 Å². The Hall–Kier alpha value is -2.98. The highest BCUT2D eigenvalue weighted by Crippen LogP contribution is 2.27. The number of sulfonamides is 1. The molecule has 176 valence electrons. The van der Waals surface area contributed by atoms with E-state index in [0.29, 0.717) is 17.3 Å². The highest BCUT2D eigenvalue weighted by Gasteiger charge is 2.28. The normalized spacial score (nSPS) is 15.2. The second-order valence-electron chi connectivity index (χ2n) is 7.45. The molecule has 33 heavy (non-hydrogen) atoms. The predicted octanol–water partition coefficient (Wildman–Crippen LogP) is 2.24. The maximum atomic E-state index is 12.6. The summed E-state index contributed by atoms with van der Waals surface area (Å²) in [5, 5.41) is 10.2. The van der Waals surface area contributed by atoms with Crippen molar-refractivity contribution in [2.75, 3.05) is 11.9 Å². The zero-order chi connectivity index (χ0) is 24.1. The lowest BCUT2D eigenvalue weighted by Gasteiger charge is -2.18. The number of nitrogens with one attached hydrogen (secondary N) is 2. The van der Waals surface area contributed by atoms with E-state index in [1.54, 1.807) is 24.3 Å². The quantitative estimate of drug-likeness (QED) is 0.198. The van der Waals surface area contributed by atoms with Crippen LogP contribution in [-0.4, -0.2) is 32.5 Å². The molecule has 0 radical (unpaired) electrons. The molecule has 1 heterocycles. The van der Waals surface area contributed by atoms with Gasteiger partial charge in [0, 0.05) is 5.92 Å². The van der Waals surface area contributed by atoms with E-state index in [1.165, 1.54) is 18.5 Å². The van der Waals surface area contributed by atoms with Crippen LogP contribution in [-0.2, 0) is 16.6 Å². The van der Waals surface area contributed by atoms with Gasteiger partial charge in [-0.1, -0.05) is 18.1 Å². The van der Waals surface area contributed by atoms with E-state index in [2.05, 4.69) is 32.5 Å². The van der Waals surface area contributed by atoms with Crippen LogP contribution < -0.4 is 21.5 Å². The molecule has 1 fully saturated rings. The van der Waals surface area contributed by atoms with Gasteiger partial charge >= 0.3 is 6.18 Å². The Morgan fingerprint density at radius 2 is 1.91 bits per heavy atom. The summed E-state index contributed by atoms with van der Waals surface area (Å²) in [6, 6.07) is 9.19. The van der Waals surface area contributed by atoms with Gasteiger partial charge in [0.15, 0.2) is 0 Å². The molecule has 0 amide bonds. The van der Waals surface area contributed by atoms with Crippen LogP contribution in [0.15, 0.2) is 46.3 Å². The molecule has 1 aliphatic rings. The number of benzene rings is 1. The van der Waals surface area contributed by atoms with Crippen molar-refractivity contribution >= 4 is 22.0 Å². The molecule has 1 aromatic heterocycles. The van der Waals surface area contributed by atoms with Gasteiger partial charge < -0.3 is 11.1 Å². The van der Waals surface area contributed by atoms with Gasteiger partial charge in [-0.05, 0) is 48.6 Å². The number of pyridine rings is 1. The first-order chi connectivity index (χ1) is 15.5. The Morgan fingerprint density at radius 1 is 1.21 bits per heavy atom. The number of hydrogen-bond donors (Lipinski definition) is 4. The van der Waals surface area contributed by atoms with Crippen molar-refractivity contribution in [3.05, 3.63) is 53.3 Å². The van der Waals surface area contributed by atoms with E-state index in [0.717, 1.165) is 18.4 Å². The second kappa shape index (κ2) is 10.3. The summed E-state index contributed by atoms with van der Waals surface area (Å²) >= 11 is 0. The van der Waals surface area contributed by atoms with Gasteiger partial charge in [0.25, 0.3) is 0 Å². The highest BCUT2D eigenvalue weighted by molar-refractivity contribution is 7.89. The minimum absolute atomic E-state index is 0.00529. The van der Waals surface area contributed by atoms with Crippen molar-refractivity contribution in [2.24, 2.45) is 21.8 Å². The van der Waals surface area contributed by atoms with Crippen LogP contribution in [0, 0.1) is 17.8 Å². The van der Waals surface area contributed by atoms with Gasteiger partial charge in [-0.25, -0.2) is 18.5 Å². The van der Waals surface area contributed by atoms with Crippen LogP contribution in [0.1, 0.15) is 36.0 Å². The average molecular weight is 481 g/mol. The number of aromatic nitrogens is 1. The molecular weight excluding hydrogens is 457 g/mol. The molecule has 8 nitrogen and oxygen atoms in total. The summed E-state index contributed by atoms with van der Waals surface area (Å²) in [5.41, 5.74) is 7.61. The predicted molar refractivity (Wildman–Crippen MR) is 118 cm³/mol. The molecule has 0 aliphatic heterocycles. The Labute approximate surface area is 189 Å². The monoisotopic (exact) mass is 480 g/mol. The Kier molecular flexibility index (Phi) is 7.70. The first kappa shape index (κ1) is 24.7. The summed E-state index contributed by atoms with van der Waals surface area (Å²) in [4.78, 5) is 8.51. The lowest BCUT2D eigenvalue weighted by molar-refractivity contribution is -0.126. The molecule has 1 unspecified atom stereocenters. The van der Waals surface area contributed by atoms with Crippen molar-refractivity contribution in [3.63, 3.8) is 0 Å². The van der Waals surface area contributed by atoms with Crippen LogP contribution in [0.2, 0.25) is 0 Å². The van der Waals surface area contributed by atoms with Crippen LogP contribution in [0.3, 0.4) is 0 Å². The largest absolute Gasteiger partial charge is 0.401 e. The maximum Gasteiger partial charge on any atom is 0.401 e. The van der Waals surface area contributed by atoms with Crippen molar-refractivity contribution in [2.45, 2.75) is 36.6 Å². The summed E-state index contributed by atoms with van der Waals surface area (Å²) < 4.78 is 60.4. The molecular formula is C21H23F3N6O2S. The van der Waals surface area contributed by atoms with Gasteiger partial charge in [-0.15, -0.1) is 0 Å². The van der Waals surface area contributed by atoms with Crippen molar-refractivity contribution in [1.29, 1.82) is 0 Å². The fourth-order valence-electron chi connectivity index (χ4n) is 2.68. The average Bonchev–Trinajstić information content (AvgIpc) is 3.58. The van der Waals surface area contributed by atoms with Crippen molar-refractivity contribution < 1.29 is 21.6 Å². The number of hydrogen-bond acceptors (Lipinski definition) is 6. The SMILES string of the molecule is NC(NCC(F)(F)F)c1nc(C#CC2CC2)ccc1NC=NCc1ccc(S(N)(=O)=O)cc1. The third kappa shape index (κ3) is 8.14. The zero-order valence-electron chi connectivity index (χ0n) is 17.4. The van der Waals surface area contributed by atoms with Gasteiger partial charge in [0.1, 0.15) is 11.9 Å². The Balaban J connectivity index is 1.70. The fourth-order valence-corrected chi connectivity index (χ4v) is 3.20. The van der Waals surface area contributed by atoms with Crippen molar-refractivity contribution in [1.82, 2.24) is 10.3 Å². The number of nitrogens with two attached hydrogens (primary N) is 2. The number of nitrogens with zero attached hydrogens (tertiary/aromatic N) is 2. The molecule has 1 atom stereocenters. The van der Waals surface area contributed by atoms with Gasteiger partial charge in [0.05, 0.1) is 35.7 Å². The number of primary sulfonamides is 1. The fraction of sp³-hybridized carbons (Fsp3) is 0.333. The number of aliphatic imine (C=N–C) groups is 1. The van der Waals surface area contributed by atoms with E-state index in [1.807, 2.05) is 0 Å². The van der Waals surface area contributed by atoms with Crippen LogP contribution >= 0.6 is 0 Å². The summed E-state index contributed by atoms with van der Waals surface area (Å²) in [7, 11) is -3.77. The number of anilines is 1. The van der Waals surface area contributed by atoms with Gasteiger partial charge in [0.2, 0.25) is 10.0 Å². The number of rotatable bonds is 8. The van der Waals surface area contributed by atoms with Crippen LogP contribution in [0.5, 0.6) is 0 Å². The van der Waals surface area contributed by atoms with E-state index in [9.17, 15) is 21.6 Å². The van der Waals surface area contributed by atoms with E-state index in [-0.39, 0.29) is 17.1 Å². The number of halogens is 3. The lowest BCUT2D eigenvalue weighted by Crippen LogP contribution is -2.37. The topological polar surface area (TPSA) is 135 Å². The van der Waals surface area contributed by atoms with E-state index < -0.39 is 28.9 Å². The Bertz CT molecular complexity index is 1170. The molecule has 0 spiro atoms. The molecule has 3 rings (SSSR count). The van der Waals surface area contributed by atoms with Gasteiger partial charge in [-0.2, -0.15) is 13.2 Å². The lowest BCUT2D eigenvalue weighted by atomic mass is 10.2. The molecule has 1 aliphatic carbocycles. The van der Waals surface area contributed by atoms with Crippen LogP contribution in [0.25, 0.3) is 0 Å². The molecule has 6 N–H and O–H groups in total. The molecule has 1 aromatic carbocycles. The molecule has 0 bridgehead atoms. The standard InChI is InChI=1S/C21H23F3N6O2S/c22-21(23,24)12-28-20(25)19-18(10-7-16(30-19)6-3-14-1-2-14)29-13-27-11-15-4-8-17(9-5-15)33(26,31)32/h4-5,7-10,13-14,20,28H,1-2,11-12,25H2,(H,27,29)(H2,26,31,32).